The molecule has 11 rings (SSSR count). The molecule has 11 aromatic rings. The highest BCUT2D eigenvalue weighted by atomic mass is 16.3. The number of furan rings is 1. The third-order valence-electron chi connectivity index (χ3n) is 11.6. The fourth-order valence-electron chi connectivity index (χ4n) is 8.65. The van der Waals surface area contributed by atoms with E-state index in [1.807, 2.05) is 66.7 Å². The summed E-state index contributed by atoms with van der Waals surface area (Å²) >= 11 is 0. The Balaban J connectivity index is 1.12. The smallest absolute Gasteiger partial charge is 0.164 e. The summed E-state index contributed by atoms with van der Waals surface area (Å²) in [6, 6.07) is 66.3. The number of hydrogen-bond donors (Lipinski definition) is 0. The summed E-state index contributed by atoms with van der Waals surface area (Å²) in [7, 11) is 0. The monoisotopic (exact) mass is 772 g/mol. The molecule has 0 aliphatic heterocycles. The van der Waals surface area contributed by atoms with Gasteiger partial charge in [0.2, 0.25) is 0 Å². The number of unbranched alkanes of at least 4 members (excludes halogenated alkanes) is 1. The summed E-state index contributed by atoms with van der Waals surface area (Å²) in [5, 5.41) is 4.51. The minimum atomic E-state index is 0.612. The Kier molecular flexibility index (Phi) is 8.85. The number of hydrogen-bond acceptors (Lipinski definition) is 4. The lowest BCUT2D eigenvalue weighted by atomic mass is 9.96. The van der Waals surface area contributed by atoms with Crippen LogP contribution in [0.5, 0.6) is 0 Å². The molecule has 0 radical (unpaired) electrons. The van der Waals surface area contributed by atoms with Gasteiger partial charge in [0.15, 0.2) is 17.5 Å². The fraction of sp³-hybridized carbons (Fsp3) is 0.0727. The van der Waals surface area contributed by atoms with Gasteiger partial charge in [-0.1, -0.05) is 159 Å². The zero-order valence-corrected chi connectivity index (χ0v) is 33.2. The van der Waals surface area contributed by atoms with Crippen LogP contribution in [-0.4, -0.2) is 19.5 Å². The van der Waals surface area contributed by atoms with Crippen LogP contribution >= 0.6 is 0 Å². The van der Waals surface area contributed by atoms with E-state index in [2.05, 4.69) is 133 Å². The molecular formula is C55H40N4O. The van der Waals surface area contributed by atoms with Crippen molar-refractivity contribution in [1.82, 2.24) is 19.5 Å². The van der Waals surface area contributed by atoms with Crippen molar-refractivity contribution in [3.05, 3.63) is 194 Å². The number of para-hydroxylation sites is 1. The van der Waals surface area contributed by atoms with Gasteiger partial charge in [-0.25, -0.2) is 15.0 Å². The molecule has 0 atom stereocenters. The molecule has 0 saturated carbocycles. The Bertz CT molecular complexity index is 3310. The molecule has 0 amide bonds. The van der Waals surface area contributed by atoms with Crippen LogP contribution in [0.4, 0.5) is 0 Å². The van der Waals surface area contributed by atoms with Gasteiger partial charge in [0, 0.05) is 38.5 Å². The molecule has 0 bridgehead atoms. The van der Waals surface area contributed by atoms with Gasteiger partial charge in [0.25, 0.3) is 0 Å². The zero-order chi connectivity index (χ0) is 40.0. The second kappa shape index (κ2) is 14.9. The average Bonchev–Trinajstić information content (AvgIpc) is 3.87. The highest BCUT2D eigenvalue weighted by molar-refractivity contribution is 6.24. The molecule has 0 unspecified atom stereocenters. The van der Waals surface area contributed by atoms with Crippen molar-refractivity contribution in [2.45, 2.75) is 26.2 Å². The quantitative estimate of drug-likeness (QED) is 0.147. The zero-order valence-electron chi connectivity index (χ0n) is 33.2. The molecule has 0 spiro atoms. The molecule has 3 aromatic heterocycles. The van der Waals surface area contributed by atoms with E-state index < -0.39 is 0 Å². The molecule has 286 valence electrons. The number of aryl methyl sites for hydroxylation is 1. The Morgan fingerprint density at radius 2 is 1.02 bits per heavy atom. The highest BCUT2D eigenvalue weighted by Crippen LogP contribution is 2.42. The number of aromatic nitrogens is 4. The number of nitrogens with zero attached hydrogens (tertiary/aromatic N) is 4. The van der Waals surface area contributed by atoms with E-state index in [1.165, 1.54) is 40.5 Å². The van der Waals surface area contributed by atoms with Crippen molar-refractivity contribution in [2.24, 2.45) is 0 Å². The van der Waals surface area contributed by atoms with Gasteiger partial charge in [0.1, 0.15) is 11.2 Å². The summed E-state index contributed by atoms with van der Waals surface area (Å²) in [4.78, 5) is 15.1. The van der Waals surface area contributed by atoms with Crippen LogP contribution in [0.15, 0.2) is 192 Å². The van der Waals surface area contributed by atoms with Crippen LogP contribution < -0.4 is 0 Å². The molecule has 5 heteroatoms. The van der Waals surface area contributed by atoms with Gasteiger partial charge in [0.05, 0.1) is 16.4 Å². The van der Waals surface area contributed by atoms with Crippen molar-refractivity contribution in [2.75, 3.05) is 0 Å². The molecule has 60 heavy (non-hydrogen) atoms. The second-order valence-corrected chi connectivity index (χ2v) is 15.5. The van der Waals surface area contributed by atoms with E-state index in [-0.39, 0.29) is 0 Å². The predicted molar refractivity (Wildman–Crippen MR) is 247 cm³/mol. The average molecular weight is 773 g/mol. The van der Waals surface area contributed by atoms with Gasteiger partial charge in [-0.2, -0.15) is 0 Å². The maximum absolute atomic E-state index is 6.49. The molecule has 3 heterocycles. The summed E-state index contributed by atoms with van der Waals surface area (Å²) < 4.78 is 8.89. The maximum Gasteiger partial charge on any atom is 0.164 e. The minimum Gasteiger partial charge on any atom is -0.456 e. The van der Waals surface area contributed by atoms with Gasteiger partial charge < -0.3 is 8.98 Å². The largest absolute Gasteiger partial charge is 0.456 e. The second-order valence-electron chi connectivity index (χ2n) is 15.5. The first-order chi connectivity index (χ1) is 29.7. The van der Waals surface area contributed by atoms with Crippen LogP contribution in [0.2, 0.25) is 0 Å². The van der Waals surface area contributed by atoms with Crippen molar-refractivity contribution in [1.29, 1.82) is 0 Å². The lowest BCUT2D eigenvalue weighted by Gasteiger charge is -2.13. The Morgan fingerprint density at radius 1 is 0.433 bits per heavy atom. The van der Waals surface area contributed by atoms with Gasteiger partial charge in [-0.15, -0.1) is 0 Å². The molecule has 0 aliphatic rings. The summed E-state index contributed by atoms with van der Waals surface area (Å²) in [6.07, 6.45) is 3.48. The topological polar surface area (TPSA) is 56.7 Å². The van der Waals surface area contributed by atoms with Crippen LogP contribution in [0.1, 0.15) is 25.3 Å². The van der Waals surface area contributed by atoms with Gasteiger partial charge >= 0.3 is 0 Å². The van der Waals surface area contributed by atoms with E-state index in [4.69, 9.17) is 19.4 Å². The highest BCUT2D eigenvalue weighted by Gasteiger charge is 2.21. The Labute approximate surface area is 348 Å². The van der Waals surface area contributed by atoms with Crippen molar-refractivity contribution in [3.8, 4) is 62.1 Å². The fourth-order valence-corrected chi connectivity index (χ4v) is 8.65. The minimum absolute atomic E-state index is 0.612. The Hall–Kier alpha value is -7.63. The molecule has 0 saturated heterocycles. The molecule has 0 aliphatic carbocycles. The summed E-state index contributed by atoms with van der Waals surface area (Å²) in [6.45, 7) is 2.25. The molecular weight excluding hydrogens is 733 g/mol. The van der Waals surface area contributed by atoms with Crippen LogP contribution in [0.25, 0.3) is 106 Å². The number of benzene rings is 8. The van der Waals surface area contributed by atoms with E-state index >= 15 is 0 Å². The van der Waals surface area contributed by atoms with Crippen LogP contribution in [-0.2, 0) is 6.42 Å². The summed E-state index contributed by atoms with van der Waals surface area (Å²) in [5.74, 6) is 1.88. The van der Waals surface area contributed by atoms with Crippen molar-refractivity contribution in [3.63, 3.8) is 0 Å². The summed E-state index contributed by atoms with van der Waals surface area (Å²) in [5.41, 5.74) is 13.9. The van der Waals surface area contributed by atoms with Crippen LogP contribution in [0.3, 0.4) is 0 Å². The van der Waals surface area contributed by atoms with E-state index in [9.17, 15) is 0 Å². The molecule has 0 fully saturated rings. The third kappa shape index (κ3) is 6.32. The number of rotatable bonds is 9. The first-order valence-corrected chi connectivity index (χ1v) is 20.7. The van der Waals surface area contributed by atoms with E-state index in [0.717, 1.165) is 72.7 Å². The lowest BCUT2D eigenvalue weighted by Crippen LogP contribution is -2.01. The van der Waals surface area contributed by atoms with E-state index in [1.54, 1.807) is 0 Å². The van der Waals surface area contributed by atoms with Crippen molar-refractivity contribution < 1.29 is 4.42 Å². The number of fused-ring (bicyclic) bond motifs is 7. The Morgan fingerprint density at radius 3 is 1.75 bits per heavy atom. The molecule has 8 aromatic carbocycles. The maximum atomic E-state index is 6.49. The predicted octanol–water partition coefficient (Wildman–Crippen LogP) is 14.5. The first-order valence-electron chi connectivity index (χ1n) is 20.7. The normalized spacial score (nSPS) is 11.6. The molecule has 0 N–H and O–H groups in total. The van der Waals surface area contributed by atoms with Crippen molar-refractivity contribution >= 4 is 43.7 Å². The van der Waals surface area contributed by atoms with E-state index in [0.29, 0.717) is 17.5 Å². The third-order valence-corrected chi connectivity index (χ3v) is 11.6. The molecule has 5 nitrogen and oxygen atoms in total. The first kappa shape index (κ1) is 35.5. The lowest BCUT2D eigenvalue weighted by molar-refractivity contribution is 0.669. The van der Waals surface area contributed by atoms with Crippen LogP contribution in [0, 0.1) is 0 Å². The van der Waals surface area contributed by atoms with Gasteiger partial charge in [-0.3, -0.25) is 0 Å². The van der Waals surface area contributed by atoms with Gasteiger partial charge in [-0.05, 0) is 83.1 Å². The SMILES string of the molecule is CCCCc1cccc(-c2cccc(-c3ccc4c5ccc6oc7ccccc7c6c5n(-c5cccc(-c6nc(-c7ccccc7)nc(-c7ccccc7)n6)c5)c4c3)c2)c1. The standard InChI is InChI=1S/C55H40N4O/c1-2-3-15-36-16-12-21-39(32-36)40-22-13-23-41(33-40)42-28-29-45-46-30-31-50-51(47-26-10-11-27-49(47)60-50)52(46)59(48(45)35-42)44-25-14-24-43(34-44)55-57-53(37-17-6-4-7-18-37)56-54(58-55)38-19-8-5-9-20-38/h4-14,16-35H,2-3,15H2,1H3.